The number of benzene rings is 2. The summed E-state index contributed by atoms with van der Waals surface area (Å²) in [5, 5.41) is 1.03. The Kier molecular flexibility index (Phi) is 3.71. The van der Waals surface area contributed by atoms with Crippen molar-refractivity contribution in [3.8, 4) is 17.2 Å². The van der Waals surface area contributed by atoms with Gasteiger partial charge in [0.05, 0.1) is 7.11 Å². The van der Waals surface area contributed by atoms with Gasteiger partial charge in [-0.2, -0.15) is 0 Å². The van der Waals surface area contributed by atoms with E-state index in [4.69, 9.17) is 15.2 Å². The highest BCUT2D eigenvalue weighted by molar-refractivity contribution is 5.84. The molecule has 4 heteroatoms. The fraction of sp³-hybridized carbons (Fsp3) is 0.118. The quantitative estimate of drug-likeness (QED) is 0.794. The van der Waals surface area contributed by atoms with Crippen molar-refractivity contribution in [3.05, 3.63) is 60.3 Å². The van der Waals surface area contributed by atoms with Crippen molar-refractivity contribution in [3.63, 3.8) is 0 Å². The Morgan fingerprint density at radius 3 is 2.71 bits per heavy atom. The monoisotopic (exact) mass is 280 g/mol. The topological polar surface area (TPSA) is 57.4 Å². The van der Waals surface area contributed by atoms with Gasteiger partial charge >= 0.3 is 0 Å². The van der Waals surface area contributed by atoms with E-state index in [0.29, 0.717) is 18.0 Å². The molecule has 4 nitrogen and oxygen atoms in total. The standard InChI is InChI=1S/C17H16N2O2/c1-20-14-8-7-13(11-18)16(10-14)21-15-6-2-4-12-5-3-9-19-17(12)15/h2-10H,11,18H2,1H3. The molecule has 1 aromatic heterocycles. The third kappa shape index (κ3) is 2.66. The van der Waals surface area contributed by atoms with Gasteiger partial charge in [-0.15, -0.1) is 0 Å². The molecule has 2 N–H and O–H groups in total. The third-order valence-corrected chi connectivity index (χ3v) is 3.31. The van der Waals surface area contributed by atoms with Crippen molar-refractivity contribution in [1.82, 2.24) is 4.98 Å². The van der Waals surface area contributed by atoms with E-state index in [0.717, 1.165) is 22.2 Å². The Bertz CT molecular complexity index is 766. The molecule has 0 unspecified atom stereocenters. The number of nitrogens with zero attached hydrogens (tertiary/aromatic N) is 1. The van der Waals surface area contributed by atoms with Crippen LogP contribution in [0.5, 0.6) is 17.2 Å². The van der Waals surface area contributed by atoms with Crippen molar-refractivity contribution < 1.29 is 9.47 Å². The third-order valence-electron chi connectivity index (χ3n) is 3.31. The lowest BCUT2D eigenvalue weighted by Crippen LogP contribution is -2.00. The van der Waals surface area contributed by atoms with Gasteiger partial charge in [0.25, 0.3) is 0 Å². The molecule has 0 aliphatic rings. The van der Waals surface area contributed by atoms with Crippen LogP contribution in [0.2, 0.25) is 0 Å². The Hall–Kier alpha value is -2.59. The first-order valence-electron chi connectivity index (χ1n) is 6.70. The molecule has 0 atom stereocenters. The van der Waals surface area contributed by atoms with Crippen LogP contribution in [0.15, 0.2) is 54.7 Å². The molecule has 0 fully saturated rings. The summed E-state index contributed by atoms with van der Waals surface area (Å²) in [5.41, 5.74) is 7.52. The molecule has 0 saturated carbocycles. The molecule has 3 rings (SSSR count). The van der Waals surface area contributed by atoms with Crippen LogP contribution in [0.3, 0.4) is 0 Å². The van der Waals surface area contributed by atoms with Crippen LogP contribution in [0.4, 0.5) is 0 Å². The lowest BCUT2D eigenvalue weighted by atomic mass is 10.2. The maximum Gasteiger partial charge on any atom is 0.153 e. The second-order valence-corrected chi connectivity index (χ2v) is 4.61. The van der Waals surface area contributed by atoms with Crippen molar-refractivity contribution in [2.75, 3.05) is 7.11 Å². The van der Waals surface area contributed by atoms with E-state index in [-0.39, 0.29) is 0 Å². The Labute approximate surface area is 123 Å². The predicted octanol–water partition coefficient (Wildman–Crippen LogP) is 3.49. The molecule has 0 aliphatic carbocycles. The second kappa shape index (κ2) is 5.81. The number of para-hydroxylation sites is 1. The minimum Gasteiger partial charge on any atom is -0.497 e. The number of pyridine rings is 1. The van der Waals surface area contributed by atoms with E-state index in [9.17, 15) is 0 Å². The highest BCUT2D eigenvalue weighted by Gasteiger charge is 2.09. The van der Waals surface area contributed by atoms with Gasteiger partial charge in [-0.05, 0) is 18.2 Å². The summed E-state index contributed by atoms with van der Waals surface area (Å²) in [4.78, 5) is 4.39. The van der Waals surface area contributed by atoms with Crippen LogP contribution in [-0.4, -0.2) is 12.1 Å². The molecular formula is C17H16N2O2. The molecule has 1 heterocycles. The summed E-state index contributed by atoms with van der Waals surface area (Å²) >= 11 is 0. The summed E-state index contributed by atoms with van der Waals surface area (Å²) in [6.07, 6.45) is 1.75. The van der Waals surface area contributed by atoms with Gasteiger partial charge in [-0.3, -0.25) is 4.98 Å². The fourth-order valence-corrected chi connectivity index (χ4v) is 2.20. The van der Waals surface area contributed by atoms with E-state index in [1.54, 1.807) is 13.3 Å². The number of hydrogen-bond donors (Lipinski definition) is 1. The molecule has 0 saturated heterocycles. The normalized spacial score (nSPS) is 10.6. The molecule has 3 aromatic rings. The highest BCUT2D eigenvalue weighted by atomic mass is 16.5. The predicted molar refractivity (Wildman–Crippen MR) is 82.7 cm³/mol. The molecule has 2 aromatic carbocycles. The van der Waals surface area contributed by atoms with Crippen molar-refractivity contribution in [1.29, 1.82) is 0 Å². The summed E-state index contributed by atoms with van der Waals surface area (Å²) in [5.74, 6) is 2.13. The summed E-state index contributed by atoms with van der Waals surface area (Å²) < 4.78 is 11.3. The SMILES string of the molecule is COc1ccc(CN)c(Oc2cccc3cccnc23)c1. The minimum atomic E-state index is 0.400. The van der Waals surface area contributed by atoms with Gasteiger partial charge in [-0.25, -0.2) is 0 Å². The number of rotatable bonds is 4. The maximum absolute atomic E-state index is 6.03. The van der Waals surface area contributed by atoms with Crippen LogP contribution in [0.25, 0.3) is 10.9 Å². The van der Waals surface area contributed by atoms with E-state index in [1.165, 1.54) is 0 Å². The smallest absolute Gasteiger partial charge is 0.153 e. The van der Waals surface area contributed by atoms with E-state index < -0.39 is 0 Å². The average molecular weight is 280 g/mol. The molecule has 21 heavy (non-hydrogen) atoms. The average Bonchev–Trinajstić information content (AvgIpc) is 2.55. The maximum atomic E-state index is 6.03. The van der Waals surface area contributed by atoms with Crippen LogP contribution in [0.1, 0.15) is 5.56 Å². The summed E-state index contributed by atoms with van der Waals surface area (Å²) in [6.45, 7) is 0.400. The van der Waals surface area contributed by atoms with E-state index >= 15 is 0 Å². The first-order valence-corrected chi connectivity index (χ1v) is 6.70. The minimum absolute atomic E-state index is 0.400. The molecule has 0 amide bonds. The second-order valence-electron chi connectivity index (χ2n) is 4.61. The number of hydrogen-bond acceptors (Lipinski definition) is 4. The van der Waals surface area contributed by atoms with E-state index in [1.807, 2.05) is 48.5 Å². The lowest BCUT2D eigenvalue weighted by Gasteiger charge is -2.12. The molecular weight excluding hydrogens is 264 g/mol. The number of ether oxygens (including phenoxy) is 2. The first kappa shape index (κ1) is 13.4. The van der Waals surface area contributed by atoms with Crippen LogP contribution < -0.4 is 15.2 Å². The van der Waals surface area contributed by atoms with Gasteiger partial charge in [-0.1, -0.05) is 24.3 Å². The van der Waals surface area contributed by atoms with Gasteiger partial charge in [0.2, 0.25) is 0 Å². The first-order chi connectivity index (χ1) is 10.3. The van der Waals surface area contributed by atoms with Gasteiger partial charge in [0.1, 0.15) is 17.0 Å². The zero-order valence-electron chi connectivity index (χ0n) is 11.7. The largest absolute Gasteiger partial charge is 0.497 e. The number of fused-ring (bicyclic) bond motifs is 1. The number of methoxy groups -OCH3 is 1. The van der Waals surface area contributed by atoms with Gasteiger partial charge < -0.3 is 15.2 Å². The van der Waals surface area contributed by atoms with Gasteiger partial charge in [0.15, 0.2) is 5.75 Å². The number of aromatic nitrogens is 1. The zero-order chi connectivity index (χ0) is 14.7. The van der Waals surface area contributed by atoms with E-state index in [2.05, 4.69) is 4.98 Å². The van der Waals surface area contributed by atoms with Gasteiger partial charge in [0, 0.05) is 29.8 Å². The molecule has 0 aliphatic heterocycles. The Morgan fingerprint density at radius 1 is 1.05 bits per heavy atom. The number of nitrogens with two attached hydrogens (primary N) is 1. The zero-order valence-corrected chi connectivity index (χ0v) is 11.7. The van der Waals surface area contributed by atoms with Crippen LogP contribution in [0, 0.1) is 0 Å². The van der Waals surface area contributed by atoms with Crippen LogP contribution >= 0.6 is 0 Å². The Morgan fingerprint density at radius 2 is 1.90 bits per heavy atom. The molecule has 0 radical (unpaired) electrons. The molecule has 0 spiro atoms. The fourth-order valence-electron chi connectivity index (χ4n) is 2.20. The van der Waals surface area contributed by atoms with Crippen LogP contribution in [-0.2, 0) is 6.54 Å². The molecule has 106 valence electrons. The summed E-state index contributed by atoms with van der Waals surface area (Å²) in [7, 11) is 1.63. The van der Waals surface area contributed by atoms with Crippen molar-refractivity contribution in [2.24, 2.45) is 5.73 Å². The highest BCUT2D eigenvalue weighted by Crippen LogP contribution is 2.32. The molecule has 0 bridgehead atoms. The summed E-state index contributed by atoms with van der Waals surface area (Å²) in [6, 6.07) is 15.4. The van der Waals surface area contributed by atoms with Crippen molar-refractivity contribution in [2.45, 2.75) is 6.54 Å². The lowest BCUT2D eigenvalue weighted by molar-refractivity contribution is 0.408. The Balaban J connectivity index is 2.06. The van der Waals surface area contributed by atoms with Crippen molar-refractivity contribution >= 4 is 10.9 Å².